The minimum Gasteiger partial charge on any atom is -0.251 e. The molecule has 1 unspecified atom stereocenters. The molecule has 0 aromatic carbocycles. The summed E-state index contributed by atoms with van der Waals surface area (Å²) >= 11 is 0. The van der Waals surface area contributed by atoms with Gasteiger partial charge in [-0.1, -0.05) is 6.08 Å². The Balaban J connectivity index is 2.79. The first kappa shape index (κ1) is 10.5. The molecule has 3 nitrogen and oxygen atoms in total. The fraction of sp³-hybridized carbons (Fsp3) is 0.556. The normalized spacial score (nSPS) is 21.3. The van der Waals surface area contributed by atoms with Crippen molar-refractivity contribution in [2.75, 3.05) is 0 Å². The van der Waals surface area contributed by atoms with Crippen molar-refractivity contribution in [3.8, 4) is 0 Å². The van der Waals surface area contributed by atoms with Crippen LogP contribution in [0.25, 0.3) is 0 Å². The summed E-state index contributed by atoms with van der Waals surface area (Å²) in [5.74, 6) is 3.68. The van der Waals surface area contributed by atoms with Crippen molar-refractivity contribution in [1.82, 2.24) is 4.72 Å². The standard InChI is InChI=1S/C9H16N2OS/c1-9(2,3)11-13(4,12)8-6-5-7-10-8/h5,7H,4,6H2,1-3H3,(H,11,12). The summed E-state index contributed by atoms with van der Waals surface area (Å²) in [5, 5.41) is 0.641. The Bertz CT molecular complexity index is 344. The molecule has 0 saturated carbocycles. The number of hydrogen-bond donors (Lipinski definition) is 1. The maximum atomic E-state index is 12.0. The first-order chi connectivity index (χ1) is 5.81. The van der Waals surface area contributed by atoms with Crippen LogP contribution in [0, 0.1) is 0 Å². The van der Waals surface area contributed by atoms with E-state index in [0.717, 1.165) is 0 Å². The van der Waals surface area contributed by atoms with Gasteiger partial charge in [0.15, 0.2) is 0 Å². The van der Waals surface area contributed by atoms with Crippen LogP contribution in [-0.4, -0.2) is 20.7 Å². The lowest BCUT2D eigenvalue weighted by molar-refractivity contribution is 0.522. The second-order valence-corrected chi connectivity index (χ2v) is 6.16. The van der Waals surface area contributed by atoms with Gasteiger partial charge in [0.2, 0.25) is 0 Å². The zero-order valence-electron chi connectivity index (χ0n) is 8.33. The van der Waals surface area contributed by atoms with Crippen LogP contribution >= 0.6 is 0 Å². The molecule has 0 fully saturated rings. The first-order valence-corrected chi connectivity index (χ1v) is 5.92. The van der Waals surface area contributed by atoms with Gasteiger partial charge in [0, 0.05) is 18.2 Å². The van der Waals surface area contributed by atoms with Crippen molar-refractivity contribution >= 4 is 20.6 Å². The van der Waals surface area contributed by atoms with Crippen LogP contribution in [0.5, 0.6) is 0 Å². The molecule has 0 saturated heterocycles. The summed E-state index contributed by atoms with van der Waals surface area (Å²) in [6.45, 7) is 5.88. The molecular formula is C9H16N2OS. The Morgan fingerprint density at radius 3 is 2.62 bits per heavy atom. The van der Waals surface area contributed by atoms with E-state index in [4.69, 9.17) is 0 Å². The Morgan fingerprint density at radius 2 is 2.23 bits per heavy atom. The smallest absolute Gasteiger partial charge is 0.113 e. The summed E-state index contributed by atoms with van der Waals surface area (Å²) in [4.78, 5) is 4.03. The molecule has 1 N–H and O–H groups in total. The molecule has 1 aliphatic heterocycles. The second kappa shape index (κ2) is 3.27. The van der Waals surface area contributed by atoms with Crippen LogP contribution in [0.15, 0.2) is 17.3 Å². The molecule has 0 amide bonds. The Hall–Kier alpha value is -0.610. The van der Waals surface area contributed by atoms with E-state index in [1.54, 1.807) is 6.20 Å². The Morgan fingerprint density at radius 1 is 1.62 bits per heavy atom. The van der Waals surface area contributed by atoms with Crippen molar-refractivity contribution in [2.24, 2.45) is 4.99 Å². The monoisotopic (exact) mass is 200 g/mol. The average molecular weight is 200 g/mol. The van der Waals surface area contributed by atoms with Gasteiger partial charge in [-0.3, -0.25) is 4.99 Å². The molecule has 1 rings (SSSR count). The van der Waals surface area contributed by atoms with Gasteiger partial charge >= 0.3 is 0 Å². The molecule has 0 spiro atoms. The molecule has 0 aromatic rings. The minimum atomic E-state index is -2.38. The number of nitrogens with zero attached hydrogens (tertiary/aromatic N) is 1. The van der Waals surface area contributed by atoms with Gasteiger partial charge in [-0.05, 0) is 26.6 Å². The van der Waals surface area contributed by atoms with Crippen molar-refractivity contribution in [1.29, 1.82) is 0 Å². The maximum Gasteiger partial charge on any atom is 0.113 e. The Labute approximate surface area is 80.1 Å². The maximum absolute atomic E-state index is 12.0. The lowest BCUT2D eigenvalue weighted by atomic mass is 10.1. The van der Waals surface area contributed by atoms with E-state index in [9.17, 15) is 4.21 Å². The summed E-state index contributed by atoms with van der Waals surface area (Å²) in [6, 6.07) is 0. The van der Waals surface area contributed by atoms with Crippen molar-refractivity contribution in [3.05, 3.63) is 12.3 Å². The third kappa shape index (κ3) is 2.97. The summed E-state index contributed by atoms with van der Waals surface area (Å²) in [6.07, 6.45) is 4.19. The van der Waals surface area contributed by atoms with Gasteiger partial charge in [-0.15, -0.1) is 0 Å². The number of nitrogens with one attached hydrogen (secondary N) is 1. The molecule has 1 heterocycles. The molecule has 0 bridgehead atoms. The highest BCUT2D eigenvalue weighted by Gasteiger charge is 2.20. The molecule has 0 aromatic heterocycles. The molecule has 1 atom stereocenters. The van der Waals surface area contributed by atoms with E-state index in [2.05, 4.69) is 15.6 Å². The SMILES string of the molecule is C=S(=O)(NC(C)(C)C)C1=NC=CC1. The van der Waals surface area contributed by atoms with E-state index < -0.39 is 9.71 Å². The van der Waals surface area contributed by atoms with Gasteiger partial charge in [-0.2, -0.15) is 0 Å². The van der Waals surface area contributed by atoms with Crippen LogP contribution in [0.1, 0.15) is 27.2 Å². The fourth-order valence-electron chi connectivity index (χ4n) is 1.12. The molecule has 74 valence electrons. The molecule has 0 radical (unpaired) electrons. The van der Waals surface area contributed by atoms with Crippen LogP contribution in [0.3, 0.4) is 0 Å². The Kier molecular flexibility index (Phi) is 2.63. The highest BCUT2D eigenvalue weighted by molar-refractivity contribution is 8.12. The third-order valence-corrected chi connectivity index (χ3v) is 3.44. The van der Waals surface area contributed by atoms with Gasteiger partial charge < -0.3 is 0 Å². The highest BCUT2D eigenvalue weighted by Crippen LogP contribution is 2.09. The average Bonchev–Trinajstić information content (AvgIpc) is 2.29. The molecule has 1 aliphatic rings. The molecular weight excluding hydrogens is 184 g/mol. The zero-order valence-corrected chi connectivity index (χ0v) is 9.15. The van der Waals surface area contributed by atoms with Crippen molar-refractivity contribution < 1.29 is 4.21 Å². The summed E-state index contributed by atoms with van der Waals surface area (Å²) < 4.78 is 15.0. The fourth-order valence-corrected chi connectivity index (χ4v) is 2.82. The second-order valence-electron chi connectivity index (χ2n) is 4.14. The highest BCUT2D eigenvalue weighted by atomic mass is 32.2. The van der Waals surface area contributed by atoms with Crippen LogP contribution < -0.4 is 4.72 Å². The number of allylic oxidation sites excluding steroid dienone is 1. The number of rotatable bonds is 1. The lowest BCUT2D eigenvalue weighted by Crippen LogP contribution is -2.43. The van der Waals surface area contributed by atoms with E-state index >= 15 is 0 Å². The lowest BCUT2D eigenvalue weighted by Gasteiger charge is -2.23. The number of hydrogen-bond acceptors (Lipinski definition) is 2. The number of aliphatic imine (C=N–C) groups is 1. The van der Waals surface area contributed by atoms with Crippen LogP contribution in [0.4, 0.5) is 0 Å². The van der Waals surface area contributed by atoms with Gasteiger partial charge in [-0.25, -0.2) is 8.93 Å². The van der Waals surface area contributed by atoms with Crippen molar-refractivity contribution in [3.63, 3.8) is 0 Å². The summed E-state index contributed by atoms with van der Waals surface area (Å²) in [7, 11) is -2.38. The van der Waals surface area contributed by atoms with E-state index in [0.29, 0.717) is 11.5 Å². The largest absolute Gasteiger partial charge is 0.251 e. The van der Waals surface area contributed by atoms with E-state index in [1.165, 1.54) is 0 Å². The molecule has 0 aliphatic carbocycles. The third-order valence-electron chi connectivity index (χ3n) is 1.47. The van der Waals surface area contributed by atoms with Gasteiger partial charge in [0.05, 0.1) is 9.71 Å². The van der Waals surface area contributed by atoms with Crippen molar-refractivity contribution in [2.45, 2.75) is 32.7 Å². The van der Waals surface area contributed by atoms with E-state index in [-0.39, 0.29) is 5.54 Å². The van der Waals surface area contributed by atoms with Crippen LogP contribution in [0.2, 0.25) is 0 Å². The topological polar surface area (TPSA) is 41.5 Å². The van der Waals surface area contributed by atoms with Crippen LogP contribution in [-0.2, 0) is 9.71 Å². The van der Waals surface area contributed by atoms with Gasteiger partial charge in [0.1, 0.15) is 5.04 Å². The predicted octanol–water partition coefficient (Wildman–Crippen LogP) is 1.32. The molecule has 4 heteroatoms. The first-order valence-electron chi connectivity index (χ1n) is 4.19. The molecule has 13 heavy (non-hydrogen) atoms. The predicted molar refractivity (Wildman–Crippen MR) is 59.3 cm³/mol. The minimum absolute atomic E-state index is 0.204. The van der Waals surface area contributed by atoms with Gasteiger partial charge in [0.25, 0.3) is 0 Å². The quantitative estimate of drug-likeness (QED) is 0.637. The van der Waals surface area contributed by atoms with E-state index in [1.807, 2.05) is 26.8 Å². The zero-order chi connectivity index (χ0) is 10.1. The summed E-state index contributed by atoms with van der Waals surface area (Å²) in [5.41, 5.74) is -0.204.